The van der Waals surface area contributed by atoms with Crippen LogP contribution in [0.2, 0.25) is 0 Å². The summed E-state index contributed by atoms with van der Waals surface area (Å²) in [5.41, 5.74) is 1.78. The number of rotatable bonds is 7. The van der Waals surface area contributed by atoms with Gasteiger partial charge >= 0.3 is 7.48 Å². The molecule has 3 rings (SSSR count). The Balaban J connectivity index is 0.000000399. The van der Waals surface area contributed by atoms with Crippen LogP contribution in [0.4, 0.5) is 5.69 Å². The van der Waals surface area contributed by atoms with Crippen molar-refractivity contribution >= 4 is 24.5 Å². The molecule has 163 valence electrons. The number of pyridine rings is 1. The summed E-state index contributed by atoms with van der Waals surface area (Å²) in [5, 5.41) is 9.17. The zero-order valence-electron chi connectivity index (χ0n) is 19.8. The van der Waals surface area contributed by atoms with Crippen LogP contribution in [-0.4, -0.2) is 29.4 Å². The van der Waals surface area contributed by atoms with Gasteiger partial charge in [0.05, 0.1) is 16.8 Å². The Morgan fingerprint density at radius 2 is 1.72 bits per heavy atom. The lowest BCUT2D eigenvalue weighted by Gasteiger charge is -2.41. The summed E-state index contributed by atoms with van der Waals surface area (Å²) in [6, 6.07) is 2.16. The SMILES string of the molecule is CC.CCC1CC(N2C(=O)C(C)(C)c3ncc([B]O)cc32)C1.CCCCCCC. The van der Waals surface area contributed by atoms with Gasteiger partial charge in [-0.2, -0.15) is 0 Å². The molecule has 1 aromatic heterocycles. The molecule has 2 aliphatic rings. The first-order valence-corrected chi connectivity index (χ1v) is 11.7. The monoisotopic (exact) mass is 401 g/mol. The van der Waals surface area contributed by atoms with E-state index in [-0.39, 0.29) is 5.91 Å². The molecule has 1 amide bonds. The largest absolute Gasteiger partial charge is 0.450 e. The maximum Gasteiger partial charge on any atom is 0.328 e. The molecule has 1 radical (unpaired) electrons. The van der Waals surface area contributed by atoms with E-state index in [0.717, 1.165) is 37.6 Å². The summed E-state index contributed by atoms with van der Waals surface area (Å²) >= 11 is 0. The van der Waals surface area contributed by atoms with E-state index in [1.807, 2.05) is 38.7 Å². The molecule has 0 unspecified atom stereocenters. The van der Waals surface area contributed by atoms with E-state index < -0.39 is 5.41 Å². The van der Waals surface area contributed by atoms with Crippen LogP contribution >= 0.6 is 0 Å². The molecule has 1 aliphatic carbocycles. The Hall–Kier alpha value is -1.36. The van der Waals surface area contributed by atoms with Crippen LogP contribution in [0.25, 0.3) is 0 Å². The number of fused-ring (bicyclic) bond motifs is 1. The van der Waals surface area contributed by atoms with Crippen LogP contribution in [0.3, 0.4) is 0 Å². The normalized spacial score (nSPS) is 21.2. The van der Waals surface area contributed by atoms with Crippen molar-refractivity contribution in [2.24, 2.45) is 5.92 Å². The zero-order chi connectivity index (χ0) is 22.0. The first-order chi connectivity index (χ1) is 13.9. The first-order valence-electron chi connectivity index (χ1n) is 11.7. The maximum absolute atomic E-state index is 12.7. The van der Waals surface area contributed by atoms with E-state index in [4.69, 9.17) is 0 Å². The van der Waals surface area contributed by atoms with E-state index >= 15 is 0 Å². The molecule has 0 atom stereocenters. The van der Waals surface area contributed by atoms with Gasteiger partial charge in [0, 0.05) is 12.2 Å². The van der Waals surface area contributed by atoms with Crippen LogP contribution in [0.5, 0.6) is 0 Å². The van der Waals surface area contributed by atoms with Gasteiger partial charge in [0.15, 0.2) is 0 Å². The number of amides is 1. The second-order valence-corrected chi connectivity index (χ2v) is 8.53. The molecule has 4 nitrogen and oxygen atoms in total. The molecule has 1 saturated carbocycles. The molecule has 0 aromatic carbocycles. The van der Waals surface area contributed by atoms with Gasteiger partial charge in [-0.1, -0.05) is 73.1 Å². The highest BCUT2D eigenvalue weighted by molar-refractivity contribution is 6.45. The molecule has 0 saturated heterocycles. The van der Waals surface area contributed by atoms with Crippen molar-refractivity contribution in [3.63, 3.8) is 0 Å². The van der Waals surface area contributed by atoms with Gasteiger partial charge < -0.3 is 9.92 Å². The molecule has 1 aromatic rings. The van der Waals surface area contributed by atoms with Gasteiger partial charge in [-0.15, -0.1) is 0 Å². The molecule has 1 aliphatic heterocycles. The lowest BCUT2D eigenvalue weighted by Crippen LogP contribution is -2.49. The van der Waals surface area contributed by atoms with Gasteiger partial charge in [0.25, 0.3) is 0 Å². The summed E-state index contributed by atoms with van der Waals surface area (Å²) in [5.74, 6) is 0.871. The Morgan fingerprint density at radius 3 is 2.21 bits per heavy atom. The van der Waals surface area contributed by atoms with Gasteiger partial charge in [-0.05, 0) is 44.1 Å². The number of hydrogen-bond donors (Lipinski definition) is 1. The highest BCUT2D eigenvalue weighted by Gasteiger charge is 2.50. The standard InChI is InChI=1S/C15H20BN2O2.C7H16.C2H6/c1-4-9-5-11(6-9)18-12-7-10(16-20)8-17-13(12)15(2,3)14(18)19;1-3-5-7-6-4-2;1-2/h7-9,11,20H,4-6H2,1-3H3;3-7H2,1-2H3;1-2H3. The zero-order valence-corrected chi connectivity index (χ0v) is 19.8. The quantitative estimate of drug-likeness (QED) is 0.509. The van der Waals surface area contributed by atoms with Crippen LogP contribution in [0.1, 0.15) is 106 Å². The van der Waals surface area contributed by atoms with Crippen LogP contribution in [0, 0.1) is 5.92 Å². The minimum Gasteiger partial charge on any atom is -0.450 e. The lowest BCUT2D eigenvalue weighted by molar-refractivity contribution is -0.123. The van der Waals surface area contributed by atoms with Crippen LogP contribution in [-0.2, 0) is 10.2 Å². The summed E-state index contributed by atoms with van der Waals surface area (Å²) in [7, 11) is 1.04. The Labute approximate surface area is 179 Å². The predicted octanol–water partition coefficient (Wildman–Crippen LogP) is 5.13. The highest BCUT2D eigenvalue weighted by atomic mass is 16.2. The fourth-order valence-corrected chi connectivity index (χ4v) is 4.00. The van der Waals surface area contributed by atoms with Crippen molar-refractivity contribution in [1.82, 2.24) is 4.98 Å². The molecule has 1 N–H and O–H groups in total. The van der Waals surface area contributed by atoms with Crippen molar-refractivity contribution in [1.29, 1.82) is 0 Å². The predicted molar refractivity (Wildman–Crippen MR) is 125 cm³/mol. The second-order valence-electron chi connectivity index (χ2n) is 8.53. The van der Waals surface area contributed by atoms with Gasteiger partial charge in [0.2, 0.25) is 5.91 Å². The van der Waals surface area contributed by atoms with E-state index in [0.29, 0.717) is 11.5 Å². The molecule has 1 fully saturated rings. The Bertz CT molecular complexity index is 623. The minimum absolute atomic E-state index is 0.134. The Morgan fingerprint density at radius 1 is 1.14 bits per heavy atom. The summed E-state index contributed by atoms with van der Waals surface area (Å²) in [6.45, 7) is 14.6. The third kappa shape index (κ3) is 6.07. The molecular weight excluding hydrogens is 359 g/mol. The number of nitrogens with zero attached hydrogens (tertiary/aromatic N) is 2. The number of hydrogen-bond acceptors (Lipinski definition) is 3. The van der Waals surface area contributed by atoms with Gasteiger partial charge in [-0.25, -0.2) is 0 Å². The average molecular weight is 401 g/mol. The van der Waals surface area contributed by atoms with E-state index in [1.165, 1.54) is 38.5 Å². The highest BCUT2D eigenvalue weighted by Crippen LogP contribution is 2.45. The van der Waals surface area contributed by atoms with E-state index in [1.54, 1.807) is 6.20 Å². The van der Waals surface area contributed by atoms with Crippen LogP contribution in [0.15, 0.2) is 12.3 Å². The third-order valence-corrected chi connectivity index (χ3v) is 6.00. The number of unbranched alkanes of at least 4 members (excludes halogenated alkanes) is 4. The fourth-order valence-electron chi connectivity index (χ4n) is 4.00. The summed E-state index contributed by atoms with van der Waals surface area (Å²) in [4.78, 5) is 19.1. The smallest absolute Gasteiger partial charge is 0.328 e. The minimum atomic E-state index is -0.569. The van der Waals surface area contributed by atoms with E-state index in [9.17, 15) is 9.82 Å². The average Bonchev–Trinajstić information content (AvgIpc) is 2.90. The summed E-state index contributed by atoms with van der Waals surface area (Å²) < 4.78 is 0. The fraction of sp³-hybridized carbons (Fsp3) is 0.750. The van der Waals surface area contributed by atoms with Crippen molar-refractivity contribution in [2.45, 2.75) is 111 Å². The van der Waals surface area contributed by atoms with Crippen LogP contribution < -0.4 is 10.4 Å². The van der Waals surface area contributed by atoms with Crippen molar-refractivity contribution in [3.05, 3.63) is 18.0 Å². The number of anilines is 1. The van der Waals surface area contributed by atoms with Gasteiger partial charge in [-0.3, -0.25) is 9.78 Å². The molecule has 5 heteroatoms. The van der Waals surface area contributed by atoms with Crippen molar-refractivity contribution < 1.29 is 9.82 Å². The molecular formula is C24H42BN2O2. The molecule has 29 heavy (non-hydrogen) atoms. The molecule has 2 heterocycles. The number of carbonyl (C=O) groups excluding carboxylic acids is 1. The van der Waals surface area contributed by atoms with Crippen molar-refractivity contribution in [3.8, 4) is 0 Å². The third-order valence-electron chi connectivity index (χ3n) is 6.00. The molecule has 0 bridgehead atoms. The topological polar surface area (TPSA) is 53.4 Å². The van der Waals surface area contributed by atoms with E-state index in [2.05, 4.69) is 25.8 Å². The van der Waals surface area contributed by atoms with Gasteiger partial charge in [0.1, 0.15) is 0 Å². The number of carbonyl (C=O) groups is 1. The lowest BCUT2D eigenvalue weighted by atomic mass is 9.77. The maximum atomic E-state index is 12.7. The first kappa shape index (κ1) is 25.7. The molecule has 0 spiro atoms. The summed E-state index contributed by atoms with van der Waals surface area (Å²) in [6.07, 6.45) is 12.0. The van der Waals surface area contributed by atoms with Crippen molar-refractivity contribution in [2.75, 3.05) is 4.90 Å². The Kier molecular flexibility index (Phi) is 11.0. The second kappa shape index (κ2) is 12.4. The number of aromatic nitrogens is 1.